The highest BCUT2D eigenvalue weighted by Gasteiger charge is 2.20. The van der Waals surface area contributed by atoms with Crippen molar-refractivity contribution in [2.45, 2.75) is 19.0 Å². The summed E-state index contributed by atoms with van der Waals surface area (Å²) in [6.07, 6.45) is -0.369. The molecule has 0 bridgehead atoms. The maximum absolute atomic E-state index is 11.8. The summed E-state index contributed by atoms with van der Waals surface area (Å²) >= 11 is 0. The maximum atomic E-state index is 11.8. The van der Waals surface area contributed by atoms with Crippen molar-refractivity contribution in [1.29, 1.82) is 0 Å². The van der Waals surface area contributed by atoms with Crippen molar-refractivity contribution in [3.8, 4) is 5.75 Å². The van der Waals surface area contributed by atoms with E-state index in [9.17, 15) is 9.59 Å². The molecule has 1 amide bonds. The van der Waals surface area contributed by atoms with E-state index in [0.29, 0.717) is 6.54 Å². The number of methoxy groups -OCH3 is 1. The molecule has 0 aliphatic rings. The lowest BCUT2D eigenvalue weighted by Crippen LogP contribution is -2.42. The van der Waals surface area contributed by atoms with Gasteiger partial charge in [0, 0.05) is 13.6 Å². The summed E-state index contributed by atoms with van der Waals surface area (Å²) < 4.78 is 5.04. The topological polar surface area (TPSA) is 92.9 Å². The Morgan fingerprint density at radius 1 is 1.37 bits per heavy atom. The van der Waals surface area contributed by atoms with Crippen LogP contribution in [0.15, 0.2) is 24.3 Å². The smallest absolute Gasteiger partial charge is 0.305 e. The fourth-order valence-electron chi connectivity index (χ4n) is 1.64. The lowest BCUT2D eigenvalue weighted by Gasteiger charge is -2.20. The van der Waals surface area contributed by atoms with Gasteiger partial charge in [-0.15, -0.1) is 0 Å². The molecule has 1 aromatic rings. The summed E-state index contributed by atoms with van der Waals surface area (Å²) in [6.45, 7) is 0.371. The molecular formula is C13H18N2O4. The number of amides is 1. The Balaban J connectivity index is 2.60. The van der Waals surface area contributed by atoms with E-state index in [1.165, 1.54) is 4.90 Å². The number of ether oxygens (including phenoxy) is 1. The lowest BCUT2D eigenvalue weighted by molar-refractivity contribution is -0.141. The van der Waals surface area contributed by atoms with Gasteiger partial charge in [0.15, 0.2) is 0 Å². The molecule has 1 rings (SSSR count). The van der Waals surface area contributed by atoms with Gasteiger partial charge in [-0.25, -0.2) is 0 Å². The van der Waals surface area contributed by atoms with Crippen molar-refractivity contribution >= 4 is 11.9 Å². The SMILES string of the molecule is COc1ccc(CN(C)C(=O)C(N)CC(=O)O)cc1. The average Bonchev–Trinajstić information content (AvgIpc) is 2.37. The van der Waals surface area contributed by atoms with Crippen LogP contribution in [0.5, 0.6) is 5.75 Å². The predicted molar refractivity (Wildman–Crippen MR) is 69.7 cm³/mol. The molecule has 1 unspecified atom stereocenters. The standard InChI is InChI=1S/C13H18N2O4/c1-15(13(18)11(14)7-12(16)17)8-9-3-5-10(19-2)6-4-9/h3-6,11H,7-8,14H2,1-2H3,(H,16,17). The molecule has 6 nitrogen and oxygen atoms in total. The van der Waals surface area contributed by atoms with Crippen LogP contribution in [0.25, 0.3) is 0 Å². The van der Waals surface area contributed by atoms with Crippen molar-refractivity contribution in [2.24, 2.45) is 5.73 Å². The van der Waals surface area contributed by atoms with E-state index in [0.717, 1.165) is 11.3 Å². The Kier molecular flexibility index (Phi) is 5.32. The monoisotopic (exact) mass is 266 g/mol. The van der Waals surface area contributed by atoms with E-state index in [1.54, 1.807) is 26.3 Å². The summed E-state index contributed by atoms with van der Waals surface area (Å²) in [5.74, 6) is -0.739. The second kappa shape index (κ2) is 6.75. The summed E-state index contributed by atoms with van der Waals surface area (Å²) in [6, 6.07) is 6.26. The second-order valence-corrected chi connectivity index (χ2v) is 4.25. The van der Waals surface area contributed by atoms with Gasteiger partial charge in [-0.1, -0.05) is 12.1 Å². The molecule has 0 aliphatic carbocycles. The Hall–Kier alpha value is -2.08. The zero-order valence-corrected chi connectivity index (χ0v) is 11.0. The summed E-state index contributed by atoms with van der Waals surface area (Å²) in [7, 11) is 3.17. The summed E-state index contributed by atoms with van der Waals surface area (Å²) in [4.78, 5) is 23.7. The van der Waals surface area contributed by atoms with E-state index in [4.69, 9.17) is 15.6 Å². The Labute approximate surface area is 111 Å². The highest BCUT2D eigenvalue weighted by Crippen LogP contribution is 2.12. The largest absolute Gasteiger partial charge is 0.497 e. The Bertz CT molecular complexity index is 444. The van der Waals surface area contributed by atoms with Crippen LogP contribution < -0.4 is 10.5 Å². The van der Waals surface area contributed by atoms with Gasteiger partial charge in [0.25, 0.3) is 0 Å². The lowest BCUT2D eigenvalue weighted by atomic mass is 10.1. The first-order valence-corrected chi connectivity index (χ1v) is 5.79. The molecular weight excluding hydrogens is 248 g/mol. The molecule has 6 heteroatoms. The van der Waals surface area contributed by atoms with Crippen LogP contribution in [0.1, 0.15) is 12.0 Å². The number of likely N-dealkylation sites (N-methyl/N-ethyl adjacent to an activating group) is 1. The predicted octanol–water partition coefficient (Wildman–Crippen LogP) is 0.456. The van der Waals surface area contributed by atoms with Crippen LogP contribution in [0, 0.1) is 0 Å². The number of carboxylic acid groups (broad SMARTS) is 1. The molecule has 0 saturated heterocycles. The molecule has 104 valence electrons. The molecule has 0 spiro atoms. The van der Waals surface area contributed by atoms with Gasteiger partial charge in [-0.2, -0.15) is 0 Å². The number of benzene rings is 1. The van der Waals surface area contributed by atoms with Crippen LogP contribution in [0.4, 0.5) is 0 Å². The van der Waals surface area contributed by atoms with Crippen molar-refractivity contribution in [3.63, 3.8) is 0 Å². The van der Waals surface area contributed by atoms with E-state index in [2.05, 4.69) is 0 Å². The van der Waals surface area contributed by atoms with E-state index in [1.807, 2.05) is 12.1 Å². The summed E-state index contributed by atoms with van der Waals surface area (Å²) in [5, 5.41) is 8.60. The van der Waals surface area contributed by atoms with Crippen LogP contribution in [0.2, 0.25) is 0 Å². The highest BCUT2D eigenvalue weighted by atomic mass is 16.5. The minimum absolute atomic E-state index is 0.369. The van der Waals surface area contributed by atoms with E-state index in [-0.39, 0.29) is 6.42 Å². The number of nitrogens with zero attached hydrogens (tertiary/aromatic N) is 1. The van der Waals surface area contributed by atoms with Crippen LogP contribution in [-0.4, -0.2) is 42.1 Å². The molecule has 1 atom stereocenters. The minimum atomic E-state index is -1.08. The zero-order valence-electron chi connectivity index (χ0n) is 11.0. The number of carbonyl (C=O) groups is 2. The van der Waals surface area contributed by atoms with Gasteiger partial charge in [-0.05, 0) is 17.7 Å². The Morgan fingerprint density at radius 3 is 2.42 bits per heavy atom. The molecule has 0 saturated carbocycles. The van der Waals surface area contributed by atoms with Crippen LogP contribution >= 0.6 is 0 Å². The fourth-order valence-corrected chi connectivity index (χ4v) is 1.64. The molecule has 19 heavy (non-hydrogen) atoms. The molecule has 1 aromatic carbocycles. The van der Waals surface area contributed by atoms with Gasteiger partial charge in [0.1, 0.15) is 5.75 Å². The van der Waals surface area contributed by atoms with E-state index >= 15 is 0 Å². The normalized spacial score (nSPS) is 11.7. The number of hydrogen-bond donors (Lipinski definition) is 2. The molecule has 0 heterocycles. The van der Waals surface area contributed by atoms with Crippen LogP contribution in [0.3, 0.4) is 0 Å². The number of hydrogen-bond acceptors (Lipinski definition) is 4. The molecule has 0 aliphatic heterocycles. The number of nitrogens with two attached hydrogens (primary N) is 1. The number of carbonyl (C=O) groups excluding carboxylic acids is 1. The molecule has 0 fully saturated rings. The quantitative estimate of drug-likeness (QED) is 0.780. The van der Waals surface area contributed by atoms with Crippen molar-refractivity contribution < 1.29 is 19.4 Å². The first-order chi connectivity index (χ1) is 8.93. The van der Waals surface area contributed by atoms with Crippen molar-refractivity contribution in [1.82, 2.24) is 4.90 Å². The zero-order chi connectivity index (χ0) is 14.4. The fraction of sp³-hybridized carbons (Fsp3) is 0.385. The Morgan fingerprint density at radius 2 is 1.95 bits per heavy atom. The van der Waals surface area contributed by atoms with Crippen molar-refractivity contribution in [2.75, 3.05) is 14.2 Å². The third-order valence-corrected chi connectivity index (χ3v) is 2.67. The molecule has 0 aromatic heterocycles. The highest BCUT2D eigenvalue weighted by molar-refractivity contribution is 5.85. The van der Waals surface area contributed by atoms with Gasteiger partial charge >= 0.3 is 5.97 Å². The number of rotatable bonds is 6. The average molecular weight is 266 g/mol. The third kappa shape index (κ3) is 4.59. The minimum Gasteiger partial charge on any atom is -0.497 e. The van der Waals surface area contributed by atoms with Crippen molar-refractivity contribution in [3.05, 3.63) is 29.8 Å². The first kappa shape index (κ1) is 15.0. The van der Waals surface area contributed by atoms with E-state index < -0.39 is 17.9 Å². The second-order valence-electron chi connectivity index (χ2n) is 4.25. The van der Waals surface area contributed by atoms with Gasteiger partial charge in [0.2, 0.25) is 5.91 Å². The number of carboxylic acids is 1. The molecule has 3 N–H and O–H groups in total. The number of aliphatic carboxylic acids is 1. The molecule has 0 radical (unpaired) electrons. The van der Waals surface area contributed by atoms with Crippen LogP contribution in [-0.2, 0) is 16.1 Å². The maximum Gasteiger partial charge on any atom is 0.305 e. The summed E-state index contributed by atoms with van der Waals surface area (Å²) in [5.41, 5.74) is 6.44. The first-order valence-electron chi connectivity index (χ1n) is 5.79. The van der Waals surface area contributed by atoms with Gasteiger partial charge < -0.3 is 20.5 Å². The van der Waals surface area contributed by atoms with Gasteiger partial charge in [0.05, 0.1) is 19.6 Å². The third-order valence-electron chi connectivity index (χ3n) is 2.67. The van der Waals surface area contributed by atoms with Gasteiger partial charge in [-0.3, -0.25) is 9.59 Å².